The molecule has 0 bridgehead atoms. The van der Waals surface area contributed by atoms with Crippen LogP contribution in [-0.2, 0) is 0 Å². The summed E-state index contributed by atoms with van der Waals surface area (Å²) < 4.78 is 19.5. The first-order valence-corrected chi connectivity index (χ1v) is 9.04. The maximum Gasteiger partial charge on any atom is 0.317 e. The van der Waals surface area contributed by atoms with Gasteiger partial charge in [-0.25, -0.2) is 9.18 Å². The van der Waals surface area contributed by atoms with E-state index >= 15 is 0 Å². The van der Waals surface area contributed by atoms with E-state index in [1.54, 1.807) is 16.7 Å². The first-order chi connectivity index (χ1) is 12.9. The molecule has 0 aliphatic carbocycles. The lowest BCUT2D eigenvalue weighted by Gasteiger charge is -2.34. The van der Waals surface area contributed by atoms with Crippen molar-refractivity contribution in [3.05, 3.63) is 40.4 Å². The van der Waals surface area contributed by atoms with Gasteiger partial charge in [-0.1, -0.05) is 22.8 Å². The van der Waals surface area contributed by atoms with Crippen molar-refractivity contribution in [1.82, 2.24) is 20.3 Å². The summed E-state index contributed by atoms with van der Waals surface area (Å²) in [6.45, 7) is 5.56. The van der Waals surface area contributed by atoms with Crippen LogP contribution in [0.25, 0.3) is 11.3 Å². The molecule has 1 N–H and O–H groups in total. The van der Waals surface area contributed by atoms with Crippen LogP contribution in [0.15, 0.2) is 22.7 Å². The van der Waals surface area contributed by atoms with Gasteiger partial charge in [0.05, 0.1) is 10.6 Å². The number of rotatable bonds is 3. The van der Waals surface area contributed by atoms with E-state index in [2.05, 4.69) is 10.5 Å². The lowest BCUT2D eigenvalue weighted by Crippen LogP contribution is -2.53. The molecule has 0 atom stereocenters. The van der Waals surface area contributed by atoms with Crippen molar-refractivity contribution >= 4 is 23.5 Å². The average molecular weight is 395 g/mol. The predicted octanol–water partition coefficient (Wildman–Crippen LogP) is 2.93. The number of hydrogen-bond acceptors (Lipinski definition) is 4. The van der Waals surface area contributed by atoms with Gasteiger partial charge in [0.2, 0.25) is 0 Å². The van der Waals surface area contributed by atoms with E-state index < -0.39 is 5.82 Å². The van der Waals surface area contributed by atoms with Gasteiger partial charge >= 0.3 is 6.03 Å². The number of aryl methyl sites for hydroxylation is 1. The molecule has 144 valence electrons. The number of urea groups is 1. The minimum Gasteiger partial charge on any atom is -0.360 e. The summed E-state index contributed by atoms with van der Waals surface area (Å²) in [7, 11) is 0. The summed E-state index contributed by atoms with van der Waals surface area (Å²) in [6, 6.07) is 4.12. The molecule has 1 aliphatic heterocycles. The van der Waals surface area contributed by atoms with Gasteiger partial charge in [-0.3, -0.25) is 4.79 Å². The predicted molar refractivity (Wildman–Crippen MR) is 98.2 cm³/mol. The minimum absolute atomic E-state index is 0.0420. The molecule has 0 spiro atoms. The van der Waals surface area contributed by atoms with Crippen LogP contribution in [0.1, 0.15) is 23.0 Å². The molecule has 0 radical (unpaired) electrons. The Morgan fingerprint density at radius 3 is 2.56 bits per heavy atom. The molecule has 0 unspecified atom stereocenters. The summed E-state index contributed by atoms with van der Waals surface area (Å²) in [5.74, 6) is -0.606. The van der Waals surface area contributed by atoms with Gasteiger partial charge in [-0.15, -0.1) is 0 Å². The van der Waals surface area contributed by atoms with Crippen LogP contribution in [0.5, 0.6) is 0 Å². The maximum absolute atomic E-state index is 14.3. The molecule has 27 heavy (non-hydrogen) atoms. The first-order valence-electron chi connectivity index (χ1n) is 8.66. The Bertz CT molecular complexity index is 842. The molecule has 1 saturated heterocycles. The zero-order valence-corrected chi connectivity index (χ0v) is 15.8. The molecule has 2 aromatic rings. The van der Waals surface area contributed by atoms with Crippen LogP contribution >= 0.6 is 11.6 Å². The topological polar surface area (TPSA) is 78.7 Å². The standard InChI is InChI=1S/C18H20ClFN4O3/c1-3-21-18(26)24-9-7-23(8-10-24)17(25)14-11(2)27-22-16(14)15-12(19)5-4-6-13(15)20/h4-6H,3,7-10H2,1-2H3,(H,21,26). The highest BCUT2D eigenvalue weighted by Gasteiger charge is 2.31. The molecule has 0 saturated carbocycles. The van der Waals surface area contributed by atoms with Crippen LogP contribution in [0.2, 0.25) is 5.02 Å². The zero-order valence-electron chi connectivity index (χ0n) is 15.1. The monoisotopic (exact) mass is 394 g/mol. The number of nitrogens with one attached hydrogen (secondary N) is 1. The summed E-state index contributed by atoms with van der Waals surface area (Å²) in [4.78, 5) is 28.2. The number of hydrogen-bond donors (Lipinski definition) is 1. The lowest BCUT2D eigenvalue weighted by atomic mass is 10.0. The van der Waals surface area contributed by atoms with Gasteiger partial charge in [0.25, 0.3) is 5.91 Å². The smallest absolute Gasteiger partial charge is 0.317 e. The van der Waals surface area contributed by atoms with E-state index in [9.17, 15) is 14.0 Å². The van der Waals surface area contributed by atoms with Gasteiger partial charge in [-0.05, 0) is 26.0 Å². The first kappa shape index (κ1) is 19.2. The van der Waals surface area contributed by atoms with Crippen molar-refractivity contribution < 1.29 is 18.5 Å². The Balaban J connectivity index is 1.83. The number of amides is 3. The molecule has 7 nitrogen and oxygen atoms in total. The molecular formula is C18H20ClFN4O3. The highest BCUT2D eigenvalue weighted by molar-refractivity contribution is 6.33. The number of halogens is 2. The van der Waals surface area contributed by atoms with Crippen LogP contribution < -0.4 is 5.32 Å². The average Bonchev–Trinajstić information content (AvgIpc) is 3.02. The summed E-state index contributed by atoms with van der Waals surface area (Å²) in [5.41, 5.74) is 0.320. The van der Waals surface area contributed by atoms with E-state index in [0.29, 0.717) is 38.5 Å². The SMILES string of the molecule is CCNC(=O)N1CCN(C(=O)c2c(-c3c(F)cccc3Cl)noc2C)CC1. The minimum atomic E-state index is -0.578. The van der Waals surface area contributed by atoms with Crippen LogP contribution in [0.4, 0.5) is 9.18 Å². The number of carbonyl (C=O) groups excluding carboxylic acids is 2. The Morgan fingerprint density at radius 2 is 1.93 bits per heavy atom. The summed E-state index contributed by atoms with van der Waals surface area (Å²) in [5, 5.41) is 6.76. The van der Waals surface area contributed by atoms with E-state index in [1.165, 1.54) is 18.2 Å². The second kappa shape index (κ2) is 7.96. The normalized spacial score (nSPS) is 14.4. The largest absolute Gasteiger partial charge is 0.360 e. The van der Waals surface area contributed by atoms with Crippen molar-refractivity contribution in [3.63, 3.8) is 0 Å². The molecule has 3 amide bonds. The Hall–Kier alpha value is -2.61. The molecule has 1 aromatic heterocycles. The van der Waals surface area contributed by atoms with Gasteiger partial charge in [0.1, 0.15) is 22.8 Å². The van der Waals surface area contributed by atoms with E-state index in [0.717, 1.165) is 0 Å². The second-order valence-electron chi connectivity index (χ2n) is 6.17. The Labute approximate surface area is 161 Å². The van der Waals surface area contributed by atoms with E-state index in [4.69, 9.17) is 16.1 Å². The summed E-state index contributed by atoms with van der Waals surface area (Å²) >= 11 is 6.12. The highest BCUT2D eigenvalue weighted by atomic mass is 35.5. The summed E-state index contributed by atoms with van der Waals surface area (Å²) in [6.07, 6.45) is 0. The van der Waals surface area contributed by atoms with Crippen LogP contribution in [0.3, 0.4) is 0 Å². The number of nitrogens with zero attached hydrogens (tertiary/aromatic N) is 3. The Kier molecular flexibility index (Phi) is 5.65. The molecule has 1 fully saturated rings. The van der Waals surface area contributed by atoms with Crippen molar-refractivity contribution in [3.8, 4) is 11.3 Å². The maximum atomic E-state index is 14.3. The molecule has 1 aliphatic rings. The van der Waals surface area contributed by atoms with E-state index in [1.807, 2.05) is 6.92 Å². The third kappa shape index (κ3) is 3.75. The molecule has 2 heterocycles. The fraction of sp³-hybridized carbons (Fsp3) is 0.389. The Morgan fingerprint density at radius 1 is 1.26 bits per heavy atom. The van der Waals surface area contributed by atoms with Crippen molar-refractivity contribution in [2.45, 2.75) is 13.8 Å². The van der Waals surface area contributed by atoms with Gasteiger partial charge in [0, 0.05) is 32.7 Å². The fourth-order valence-corrected chi connectivity index (χ4v) is 3.30. The fourth-order valence-electron chi connectivity index (χ4n) is 3.05. The van der Waals surface area contributed by atoms with Gasteiger partial charge in [0.15, 0.2) is 0 Å². The number of carbonyl (C=O) groups is 2. The number of aromatic nitrogens is 1. The van der Waals surface area contributed by atoms with Crippen LogP contribution in [-0.4, -0.2) is 59.6 Å². The molecule has 1 aromatic carbocycles. The number of benzene rings is 1. The molecular weight excluding hydrogens is 375 g/mol. The van der Waals surface area contributed by atoms with Gasteiger partial charge in [-0.2, -0.15) is 0 Å². The van der Waals surface area contributed by atoms with E-state index in [-0.39, 0.29) is 33.8 Å². The quantitative estimate of drug-likeness (QED) is 0.868. The van der Waals surface area contributed by atoms with Crippen molar-refractivity contribution in [2.24, 2.45) is 0 Å². The van der Waals surface area contributed by atoms with Crippen molar-refractivity contribution in [2.75, 3.05) is 32.7 Å². The third-order valence-electron chi connectivity index (χ3n) is 4.46. The van der Waals surface area contributed by atoms with Crippen molar-refractivity contribution in [1.29, 1.82) is 0 Å². The third-order valence-corrected chi connectivity index (χ3v) is 4.77. The highest BCUT2D eigenvalue weighted by Crippen LogP contribution is 2.34. The molecule has 9 heteroatoms. The lowest BCUT2D eigenvalue weighted by molar-refractivity contribution is 0.0664. The second-order valence-corrected chi connectivity index (χ2v) is 6.58. The zero-order chi connectivity index (χ0) is 19.6. The number of piperazine rings is 1. The molecule has 3 rings (SSSR count). The van der Waals surface area contributed by atoms with Crippen LogP contribution in [0, 0.1) is 12.7 Å². The van der Waals surface area contributed by atoms with Gasteiger partial charge < -0.3 is 19.6 Å².